The summed E-state index contributed by atoms with van der Waals surface area (Å²) in [5.41, 5.74) is 0. The first kappa shape index (κ1) is 72.4. The second kappa shape index (κ2) is 54.0. The second-order valence-electron chi connectivity index (χ2n) is 20.6. The Morgan fingerprint density at radius 1 is 0.430 bits per heavy atom. The van der Waals surface area contributed by atoms with E-state index in [0.717, 1.165) is 128 Å². The molecular weight excluding hydrogens is 997 g/mol. The van der Waals surface area contributed by atoms with Gasteiger partial charge in [0, 0.05) is 19.3 Å². The highest BCUT2D eigenvalue weighted by atomic mass is 16.7. The van der Waals surface area contributed by atoms with Crippen molar-refractivity contribution in [2.24, 2.45) is 0 Å². The number of carboxylic acid groups (broad SMARTS) is 1. The van der Waals surface area contributed by atoms with Gasteiger partial charge in [-0.3, -0.25) is 14.4 Å². The molecule has 12 nitrogen and oxygen atoms in total. The van der Waals surface area contributed by atoms with Crippen molar-refractivity contribution in [1.29, 1.82) is 0 Å². The third-order valence-electron chi connectivity index (χ3n) is 13.4. The molecule has 79 heavy (non-hydrogen) atoms. The van der Waals surface area contributed by atoms with Crippen LogP contribution in [0.15, 0.2) is 109 Å². The lowest BCUT2D eigenvalue weighted by Crippen LogP contribution is -2.61. The highest BCUT2D eigenvalue weighted by Crippen LogP contribution is 2.26. The van der Waals surface area contributed by atoms with E-state index in [1.54, 1.807) is 0 Å². The Bertz CT molecular complexity index is 1790. The smallest absolute Gasteiger partial charge is 0.335 e. The predicted molar refractivity (Wildman–Crippen MR) is 321 cm³/mol. The molecule has 3 N–H and O–H groups in total. The van der Waals surface area contributed by atoms with Gasteiger partial charge in [-0.15, -0.1) is 0 Å². The molecule has 0 aromatic rings. The number of allylic oxidation sites excluding steroid dienone is 18. The maximum atomic E-state index is 13.2. The van der Waals surface area contributed by atoms with Crippen LogP contribution in [0.1, 0.15) is 239 Å². The minimum atomic E-state index is -1.92. The highest BCUT2D eigenvalue weighted by molar-refractivity contribution is 5.74. The van der Waals surface area contributed by atoms with Crippen LogP contribution in [-0.2, 0) is 42.9 Å². The summed E-state index contributed by atoms with van der Waals surface area (Å²) in [6.45, 7) is 5.70. The van der Waals surface area contributed by atoms with Crippen molar-refractivity contribution < 1.29 is 58.2 Å². The fourth-order valence-corrected chi connectivity index (χ4v) is 8.70. The Morgan fingerprint density at radius 2 is 0.823 bits per heavy atom. The number of carboxylic acids is 1. The van der Waals surface area contributed by atoms with Crippen LogP contribution in [0.25, 0.3) is 0 Å². The SMILES string of the molecule is CC/C=C\C/C=C\C/C=C\C/C=C\C/C=C\C/C=C\CCC(=O)OCC(COC1OC(C(=O)O)C(O)C(O)C1OC(=O)CCCCCCCCCCCCCCC)OC(=O)CCCCCCCCC/C=C\C/C=C\C/C=C\CC. The summed E-state index contributed by atoms with van der Waals surface area (Å²) in [5.74, 6) is -3.25. The largest absolute Gasteiger partial charge is 0.479 e. The molecule has 1 saturated heterocycles. The summed E-state index contributed by atoms with van der Waals surface area (Å²) in [6, 6.07) is 0. The van der Waals surface area contributed by atoms with Crippen LogP contribution in [-0.4, -0.2) is 89.2 Å². The second-order valence-corrected chi connectivity index (χ2v) is 20.6. The predicted octanol–water partition coefficient (Wildman–Crippen LogP) is 16.2. The van der Waals surface area contributed by atoms with Gasteiger partial charge in [0.05, 0.1) is 6.61 Å². The molecule has 1 rings (SSSR count). The van der Waals surface area contributed by atoms with Crippen molar-refractivity contribution in [2.45, 2.75) is 276 Å². The van der Waals surface area contributed by atoms with Crippen molar-refractivity contribution >= 4 is 23.9 Å². The van der Waals surface area contributed by atoms with Crippen LogP contribution in [0.2, 0.25) is 0 Å². The molecule has 1 aliphatic heterocycles. The summed E-state index contributed by atoms with van der Waals surface area (Å²) in [5, 5.41) is 31.5. The minimum absolute atomic E-state index is 0.0502. The Labute approximate surface area is 478 Å². The number of esters is 3. The molecule has 0 spiro atoms. The number of aliphatic hydroxyl groups is 2. The topological polar surface area (TPSA) is 175 Å². The first-order chi connectivity index (χ1) is 38.6. The van der Waals surface area contributed by atoms with Gasteiger partial charge in [-0.05, 0) is 89.9 Å². The van der Waals surface area contributed by atoms with Crippen LogP contribution in [0, 0.1) is 0 Å². The van der Waals surface area contributed by atoms with E-state index in [2.05, 4.69) is 118 Å². The Morgan fingerprint density at radius 3 is 1.27 bits per heavy atom. The molecule has 1 fully saturated rings. The van der Waals surface area contributed by atoms with Gasteiger partial charge in [0.15, 0.2) is 24.6 Å². The van der Waals surface area contributed by atoms with Crippen molar-refractivity contribution in [1.82, 2.24) is 0 Å². The molecule has 448 valence electrons. The average molecular weight is 1110 g/mol. The van der Waals surface area contributed by atoms with Crippen molar-refractivity contribution in [2.75, 3.05) is 13.2 Å². The molecule has 0 amide bonds. The van der Waals surface area contributed by atoms with Gasteiger partial charge >= 0.3 is 23.9 Å². The molecule has 0 aliphatic carbocycles. The van der Waals surface area contributed by atoms with E-state index in [0.29, 0.717) is 19.3 Å². The third-order valence-corrected chi connectivity index (χ3v) is 13.4. The van der Waals surface area contributed by atoms with Gasteiger partial charge in [-0.1, -0.05) is 239 Å². The molecule has 1 aliphatic rings. The number of aliphatic carboxylic acids is 1. The Hall–Kier alpha value is -4.62. The number of ether oxygens (including phenoxy) is 5. The first-order valence-electron chi connectivity index (χ1n) is 30.9. The number of unbranched alkanes of at least 4 members (excludes halogenated alkanes) is 19. The zero-order chi connectivity index (χ0) is 57.5. The average Bonchev–Trinajstić information content (AvgIpc) is 3.44. The van der Waals surface area contributed by atoms with E-state index < -0.39 is 67.3 Å². The van der Waals surface area contributed by atoms with E-state index >= 15 is 0 Å². The lowest BCUT2D eigenvalue weighted by atomic mass is 9.98. The molecule has 6 unspecified atom stereocenters. The number of hydrogen-bond donors (Lipinski definition) is 3. The molecular formula is C67H108O12. The molecule has 12 heteroatoms. The van der Waals surface area contributed by atoms with Gasteiger partial charge < -0.3 is 39.0 Å². The Kier molecular flexibility index (Phi) is 49.5. The van der Waals surface area contributed by atoms with E-state index in [4.69, 9.17) is 23.7 Å². The third kappa shape index (κ3) is 43.8. The zero-order valence-corrected chi connectivity index (χ0v) is 49.3. The normalized spacial score (nSPS) is 18.6. The quantitative estimate of drug-likeness (QED) is 0.0228. The van der Waals surface area contributed by atoms with Gasteiger partial charge in [0.25, 0.3) is 0 Å². The lowest BCUT2D eigenvalue weighted by molar-refractivity contribution is -0.301. The number of aliphatic hydroxyl groups excluding tert-OH is 2. The molecule has 1 heterocycles. The van der Waals surface area contributed by atoms with Crippen LogP contribution in [0.5, 0.6) is 0 Å². The van der Waals surface area contributed by atoms with Crippen molar-refractivity contribution in [3.05, 3.63) is 109 Å². The highest BCUT2D eigenvalue weighted by Gasteiger charge is 2.50. The summed E-state index contributed by atoms with van der Waals surface area (Å²) in [6.07, 6.45) is 60.6. The summed E-state index contributed by atoms with van der Waals surface area (Å²) in [4.78, 5) is 51.2. The molecule has 0 bridgehead atoms. The van der Waals surface area contributed by atoms with E-state index in [-0.39, 0.29) is 25.9 Å². The van der Waals surface area contributed by atoms with Crippen molar-refractivity contribution in [3.63, 3.8) is 0 Å². The molecule has 0 aromatic carbocycles. The molecule has 0 radical (unpaired) electrons. The van der Waals surface area contributed by atoms with E-state index in [1.807, 2.05) is 12.2 Å². The maximum Gasteiger partial charge on any atom is 0.335 e. The standard InChI is InChI=1S/C67H108O12/c1-4-7-10-13-16-19-22-25-27-29-30-32-33-36-38-41-44-47-50-53-59(68)75-56-58(77-60(69)54-51-48-45-42-40-37-34-31-28-26-23-20-17-14-11-8-5-2)57-76-67-65(63(72)62(71)64(79-67)66(73)74)78-61(70)55-52-49-46-43-39-35-24-21-18-15-12-9-6-3/h7-8,10-11,16-17,19-20,25-28,30,32,36,38,44,47,58,62-65,67,71-72H,4-6,9,12-15,18,21-24,29,31,33-35,37,39-43,45-46,48-57H2,1-3H3,(H,73,74)/b10-7-,11-8-,19-16-,20-17-,27-25-,28-26-,32-30-,38-36-,47-44-. The number of carbonyl (C=O) groups is 4. The van der Waals surface area contributed by atoms with E-state index in [9.17, 15) is 34.5 Å². The summed E-state index contributed by atoms with van der Waals surface area (Å²) >= 11 is 0. The lowest BCUT2D eigenvalue weighted by Gasteiger charge is -2.40. The van der Waals surface area contributed by atoms with Crippen LogP contribution in [0.4, 0.5) is 0 Å². The molecule has 0 saturated carbocycles. The minimum Gasteiger partial charge on any atom is -0.479 e. The monoisotopic (exact) mass is 1100 g/mol. The van der Waals surface area contributed by atoms with Gasteiger partial charge in [-0.2, -0.15) is 0 Å². The fourth-order valence-electron chi connectivity index (χ4n) is 8.70. The zero-order valence-electron chi connectivity index (χ0n) is 49.3. The molecule has 0 aromatic heterocycles. The van der Waals surface area contributed by atoms with Gasteiger partial charge in [0.2, 0.25) is 0 Å². The number of rotatable bonds is 51. The van der Waals surface area contributed by atoms with Gasteiger partial charge in [0.1, 0.15) is 18.8 Å². The summed E-state index contributed by atoms with van der Waals surface area (Å²) in [7, 11) is 0. The van der Waals surface area contributed by atoms with Crippen molar-refractivity contribution in [3.8, 4) is 0 Å². The summed E-state index contributed by atoms with van der Waals surface area (Å²) < 4.78 is 28.4. The fraction of sp³-hybridized carbons (Fsp3) is 0.672. The van der Waals surface area contributed by atoms with Crippen LogP contribution in [0.3, 0.4) is 0 Å². The van der Waals surface area contributed by atoms with Gasteiger partial charge in [-0.25, -0.2) is 4.79 Å². The first-order valence-corrected chi connectivity index (χ1v) is 30.9. The number of hydrogen-bond acceptors (Lipinski definition) is 11. The Balaban J connectivity index is 2.74. The molecule has 6 atom stereocenters. The van der Waals surface area contributed by atoms with Crippen LogP contribution >= 0.6 is 0 Å². The van der Waals surface area contributed by atoms with Crippen LogP contribution < -0.4 is 0 Å². The number of carbonyl (C=O) groups excluding carboxylic acids is 3. The van der Waals surface area contributed by atoms with E-state index in [1.165, 1.54) is 51.4 Å². The maximum absolute atomic E-state index is 13.2.